The summed E-state index contributed by atoms with van der Waals surface area (Å²) >= 11 is 1.27. The Morgan fingerprint density at radius 3 is 2.78 bits per heavy atom. The van der Waals surface area contributed by atoms with Gasteiger partial charge in [0.2, 0.25) is 0 Å². The van der Waals surface area contributed by atoms with Crippen LogP contribution in [0.1, 0.15) is 28.1 Å². The second kappa shape index (κ2) is 4.86. The van der Waals surface area contributed by atoms with Crippen LogP contribution in [0.3, 0.4) is 0 Å². The lowest BCUT2D eigenvalue weighted by atomic mass is 10.2. The Morgan fingerprint density at radius 1 is 1.61 bits per heavy atom. The molecule has 1 aromatic rings. The number of nitriles is 1. The van der Waals surface area contributed by atoms with Crippen molar-refractivity contribution in [3.63, 3.8) is 0 Å². The number of hydrogen-bond donors (Lipinski definition) is 2. The number of carbonyl (C=O) groups excluding carboxylic acids is 1. The molecule has 0 aromatic carbocycles. The standard InChI is InChI=1S/C12H16N4OS/c1-16(2)12(17)10-9(14)8(5-13)11(18-10)15-6-7-3-4-7/h7,15H,3-4,6,14H2,1-2H3. The quantitative estimate of drug-likeness (QED) is 0.867. The SMILES string of the molecule is CN(C)C(=O)c1sc(NCC2CC2)c(C#N)c1N. The average molecular weight is 264 g/mol. The molecule has 96 valence electrons. The third kappa shape index (κ3) is 2.41. The van der Waals surface area contributed by atoms with Crippen molar-refractivity contribution in [3.8, 4) is 6.07 Å². The Hall–Kier alpha value is -1.74. The highest BCUT2D eigenvalue weighted by Crippen LogP contribution is 2.37. The molecule has 0 saturated heterocycles. The van der Waals surface area contributed by atoms with Gasteiger partial charge in [0.05, 0.1) is 5.69 Å². The van der Waals surface area contributed by atoms with E-state index < -0.39 is 0 Å². The Balaban J connectivity index is 2.26. The molecule has 1 aliphatic rings. The van der Waals surface area contributed by atoms with E-state index >= 15 is 0 Å². The van der Waals surface area contributed by atoms with Crippen LogP contribution in [0.5, 0.6) is 0 Å². The largest absolute Gasteiger partial charge is 0.396 e. The maximum absolute atomic E-state index is 11.9. The molecule has 1 aromatic heterocycles. The first-order valence-corrected chi connectivity index (χ1v) is 6.64. The summed E-state index contributed by atoms with van der Waals surface area (Å²) in [4.78, 5) is 13.8. The van der Waals surface area contributed by atoms with Crippen LogP contribution in [0.25, 0.3) is 0 Å². The van der Waals surface area contributed by atoms with Crippen LogP contribution in [-0.4, -0.2) is 31.4 Å². The van der Waals surface area contributed by atoms with Crippen molar-refractivity contribution in [1.82, 2.24) is 4.90 Å². The fraction of sp³-hybridized carbons (Fsp3) is 0.500. The van der Waals surface area contributed by atoms with Crippen molar-refractivity contribution in [2.24, 2.45) is 5.92 Å². The number of nitrogen functional groups attached to an aromatic ring is 1. The number of hydrogen-bond acceptors (Lipinski definition) is 5. The lowest BCUT2D eigenvalue weighted by Crippen LogP contribution is -2.21. The van der Waals surface area contributed by atoms with Crippen molar-refractivity contribution in [2.75, 3.05) is 31.7 Å². The van der Waals surface area contributed by atoms with Gasteiger partial charge in [-0.25, -0.2) is 0 Å². The number of rotatable bonds is 4. The Bertz CT molecular complexity index is 511. The zero-order valence-corrected chi connectivity index (χ0v) is 11.3. The molecule has 0 radical (unpaired) electrons. The molecule has 0 aliphatic heterocycles. The molecule has 6 heteroatoms. The van der Waals surface area contributed by atoms with Gasteiger partial charge in [-0.05, 0) is 18.8 Å². The molecule has 0 atom stereocenters. The third-order valence-electron chi connectivity index (χ3n) is 2.91. The zero-order valence-electron chi connectivity index (χ0n) is 10.5. The maximum atomic E-state index is 11.9. The molecule has 2 rings (SSSR count). The molecule has 1 amide bonds. The van der Waals surface area contributed by atoms with Gasteiger partial charge in [-0.3, -0.25) is 4.79 Å². The van der Waals surface area contributed by atoms with Crippen molar-refractivity contribution in [1.29, 1.82) is 5.26 Å². The van der Waals surface area contributed by atoms with E-state index in [1.54, 1.807) is 14.1 Å². The van der Waals surface area contributed by atoms with E-state index in [4.69, 9.17) is 11.0 Å². The van der Waals surface area contributed by atoms with Gasteiger partial charge in [-0.1, -0.05) is 0 Å². The Labute approximate surface area is 110 Å². The maximum Gasteiger partial charge on any atom is 0.265 e. The number of anilines is 2. The van der Waals surface area contributed by atoms with E-state index in [1.807, 2.05) is 0 Å². The number of carbonyl (C=O) groups is 1. The summed E-state index contributed by atoms with van der Waals surface area (Å²) in [7, 11) is 3.34. The van der Waals surface area contributed by atoms with E-state index in [9.17, 15) is 4.79 Å². The summed E-state index contributed by atoms with van der Waals surface area (Å²) in [6.07, 6.45) is 2.47. The van der Waals surface area contributed by atoms with Crippen LogP contribution >= 0.6 is 11.3 Å². The van der Waals surface area contributed by atoms with E-state index in [2.05, 4.69) is 11.4 Å². The summed E-state index contributed by atoms with van der Waals surface area (Å²) in [6.45, 7) is 0.851. The number of nitrogens with one attached hydrogen (secondary N) is 1. The van der Waals surface area contributed by atoms with Crippen LogP contribution in [0, 0.1) is 17.2 Å². The van der Waals surface area contributed by atoms with Crippen LogP contribution in [0.4, 0.5) is 10.7 Å². The number of amides is 1. The number of nitrogens with zero attached hydrogens (tertiary/aromatic N) is 2. The second-order valence-corrected chi connectivity index (χ2v) is 5.71. The molecular formula is C12H16N4OS. The lowest BCUT2D eigenvalue weighted by Gasteiger charge is -2.08. The van der Waals surface area contributed by atoms with Gasteiger partial charge in [0.1, 0.15) is 21.5 Å². The summed E-state index contributed by atoms with van der Waals surface area (Å²) in [5.74, 6) is 0.543. The first kappa shape index (κ1) is 12.7. The highest BCUT2D eigenvalue weighted by molar-refractivity contribution is 7.18. The number of nitrogens with two attached hydrogens (primary N) is 1. The summed E-state index contributed by atoms with van der Waals surface area (Å²) in [5.41, 5.74) is 6.56. The molecular weight excluding hydrogens is 248 g/mol. The molecule has 18 heavy (non-hydrogen) atoms. The average Bonchev–Trinajstić information content (AvgIpc) is 3.10. The summed E-state index contributed by atoms with van der Waals surface area (Å²) < 4.78 is 0. The molecule has 0 unspecified atom stereocenters. The highest BCUT2D eigenvalue weighted by atomic mass is 32.1. The van der Waals surface area contributed by atoms with Gasteiger partial charge in [-0.2, -0.15) is 5.26 Å². The molecule has 0 bridgehead atoms. The van der Waals surface area contributed by atoms with Gasteiger partial charge < -0.3 is 16.0 Å². The second-order valence-electron chi connectivity index (χ2n) is 4.68. The van der Waals surface area contributed by atoms with Crippen LogP contribution < -0.4 is 11.1 Å². The van der Waals surface area contributed by atoms with Crippen LogP contribution in [0.2, 0.25) is 0 Å². The lowest BCUT2D eigenvalue weighted by molar-refractivity contribution is 0.0833. The van der Waals surface area contributed by atoms with Gasteiger partial charge >= 0.3 is 0 Å². The van der Waals surface area contributed by atoms with Crippen molar-refractivity contribution < 1.29 is 4.79 Å². The summed E-state index contributed by atoms with van der Waals surface area (Å²) in [5, 5.41) is 13.1. The molecule has 1 fully saturated rings. The minimum absolute atomic E-state index is 0.159. The molecule has 1 saturated carbocycles. The van der Waals surface area contributed by atoms with Crippen LogP contribution in [0.15, 0.2) is 0 Å². The predicted octanol–water partition coefficient (Wildman–Crippen LogP) is 1.73. The minimum Gasteiger partial charge on any atom is -0.396 e. The first-order valence-electron chi connectivity index (χ1n) is 5.82. The molecule has 1 heterocycles. The van der Waals surface area contributed by atoms with Crippen LogP contribution in [-0.2, 0) is 0 Å². The predicted molar refractivity (Wildman–Crippen MR) is 72.7 cm³/mol. The molecule has 1 aliphatic carbocycles. The monoisotopic (exact) mass is 264 g/mol. The Morgan fingerprint density at radius 2 is 2.28 bits per heavy atom. The molecule has 0 spiro atoms. The fourth-order valence-electron chi connectivity index (χ4n) is 1.60. The number of thiophene rings is 1. The minimum atomic E-state index is -0.159. The van der Waals surface area contributed by atoms with E-state index in [0.717, 1.165) is 6.54 Å². The zero-order chi connectivity index (χ0) is 13.3. The molecule has 5 nitrogen and oxygen atoms in total. The smallest absolute Gasteiger partial charge is 0.265 e. The van der Waals surface area contributed by atoms with E-state index in [0.29, 0.717) is 27.0 Å². The normalized spacial score (nSPS) is 14.1. The summed E-state index contributed by atoms with van der Waals surface area (Å²) in [6, 6.07) is 2.07. The third-order valence-corrected chi connectivity index (χ3v) is 4.06. The van der Waals surface area contributed by atoms with Gasteiger partial charge in [0, 0.05) is 20.6 Å². The molecule has 3 N–H and O–H groups in total. The highest BCUT2D eigenvalue weighted by Gasteiger charge is 2.25. The Kier molecular flexibility index (Phi) is 3.43. The van der Waals surface area contributed by atoms with E-state index in [-0.39, 0.29) is 5.91 Å². The van der Waals surface area contributed by atoms with Gasteiger partial charge in [-0.15, -0.1) is 11.3 Å². The fourth-order valence-corrected chi connectivity index (χ4v) is 2.70. The van der Waals surface area contributed by atoms with Crippen molar-refractivity contribution >= 4 is 27.9 Å². The van der Waals surface area contributed by atoms with Crippen molar-refractivity contribution in [2.45, 2.75) is 12.8 Å². The van der Waals surface area contributed by atoms with Gasteiger partial charge in [0.15, 0.2) is 0 Å². The van der Waals surface area contributed by atoms with Crippen molar-refractivity contribution in [3.05, 3.63) is 10.4 Å². The first-order chi connectivity index (χ1) is 8.54. The topological polar surface area (TPSA) is 82.2 Å². The van der Waals surface area contributed by atoms with E-state index in [1.165, 1.54) is 29.1 Å². The van der Waals surface area contributed by atoms with Gasteiger partial charge in [0.25, 0.3) is 5.91 Å².